The van der Waals surface area contributed by atoms with Crippen molar-refractivity contribution in [3.63, 3.8) is 0 Å². The zero-order chi connectivity index (χ0) is 15.3. The lowest BCUT2D eigenvalue weighted by atomic mass is 10.1. The average molecular weight is 277 g/mol. The fourth-order valence-corrected chi connectivity index (χ4v) is 1.49. The van der Waals surface area contributed by atoms with Gasteiger partial charge in [-0.05, 0) is 51.5 Å². The molecule has 5 heteroatoms. The maximum absolute atomic E-state index is 11.7. The molecule has 0 unspecified atom stereocenters. The Balaban J connectivity index is 2.81. The molecule has 0 heterocycles. The van der Waals surface area contributed by atoms with Crippen LogP contribution in [-0.4, -0.2) is 17.7 Å². The summed E-state index contributed by atoms with van der Waals surface area (Å²) in [4.78, 5) is 23.2. The Hall–Kier alpha value is -2.30. The van der Waals surface area contributed by atoms with Crippen LogP contribution in [0.2, 0.25) is 0 Å². The van der Waals surface area contributed by atoms with E-state index in [1.807, 2.05) is 0 Å². The zero-order valence-electron chi connectivity index (χ0n) is 12.1. The monoisotopic (exact) mass is 277 g/mol. The lowest BCUT2D eigenvalue weighted by molar-refractivity contribution is 0.0633. The molecule has 1 aromatic carbocycles. The van der Waals surface area contributed by atoms with Gasteiger partial charge >= 0.3 is 12.1 Å². The highest BCUT2D eigenvalue weighted by molar-refractivity contribution is 5.92. The number of anilines is 1. The van der Waals surface area contributed by atoms with E-state index >= 15 is 0 Å². The van der Waals surface area contributed by atoms with E-state index in [0.29, 0.717) is 11.3 Å². The molecule has 20 heavy (non-hydrogen) atoms. The van der Waals surface area contributed by atoms with Crippen molar-refractivity contribution in [1.29, 1.82) is 0 Å². The SMILES string of the molecule is C=COC(=O)c1ccc(NC(=O)OC(C)(C)C)c(C)c1. The standard InChI is InChI=1S/C15H19NO4/c1-6-19-13(17)11-7-8-12(10(2)9-11)16-14(18)20-15(3,4)5/h6-9H,1H2,2-5H3,(H,16,18). The van der Waals surface area contributed by atoms with Gasteiger partial charge in [0.15, 0.2) is 0 Å². The van der Waals surface area contributed by atoms with Crippen LogP contribution in [0.5, 0.6) is 0 Å². The highest BCUT2D eigenvalue weighted by Crippen LogP contribution is 2.18. The summed E-state index contributed by atoms with van der Waals surface area (Å²) in [6.07, 6.45) is 0.534. The van der Waals surface area contributed by atoms with E-state index in [9.17, 15) is 9.59 Å². The summed E-state index contributed by atoms with van der Waals surface area (Å²) in [6, 6.07) is 4.81. The van der Waals surface area contributed by atoms with Gasteiger partial charge in [-0.3, -0.25) is 5.32 Å². The van der Waals surface area contributed by atoms with E-state index in [0.717, 1.165) is 11.8 Å². The summed E-state index contributed by atoms with van der Waals surface area (Å²) in [7, 11) is 0. The highest BCUT2D eigenvalue weighted by Gasteiger charge is 2.17. The number of esters is 1. The number of carbonyl (C=O) groups is 2. The second-order valence-corrected chi connectivity index (χ2v) is 5.23. The summed E-state index contributed by atoms with van der Waals surface area (Å²) >= 11 is 0. The molecule has 1 N–H and O–H groups in total. The van der Waals surface area contributed by atoms with Gasteiger partial charge in [-0.1, -0.05) is 6.58 Å². The third-order valence-electron chi connectivity index (χ3n) is 2.29. The van der Waals surface area contributed by atoms with Crippen molar-refractivity contribution in [2.75, 3.05) is 5.32 Å². The number of carbonyl (C=O) groups excluding carboxylic acids is 2. The van der Waals surface area contributed by atoms with Crippen molar-refractivity contribution in [2.24, 2.45) is 0 Å². The summed E-state index contributed by atoms with van der Waals surface area (Å²) in [6.45, 7) is 10.5. The van der Waals surface area contributed by atoms with Gasteiger partial charge in [-0.15, -0.1) is 0 Å². The number of nitrogens with one attached hydrogen (secondary N) is 1. The lowest BCUT2D eigenvalue weighted by Crippen LogP contribution is -2.27. The minimum absolute atomic E-state index is 0.386. The predicted molar refractivity (Wildman–Crippen MR) is 76.6 cm³/mol. The topological polar surface area (TPSA) is 64.6 Å². The van der Waals surface area contributed by atoms with Gasteiger partial charge in [0.25, 0.3) is 0 Å². The molecule has 1 aromatic rings. The zero-order valence-corrected chi connectivity index (χ0v) is 12.1. The first-order valence-electron chi connectivity index (χ1n) is 6.15. The number of ether oxygens (including phenoxy) is 2. The van der Waals surface area contributed by atoms with Crippen LogP contribution < -0.4 is 5.32 Å². The molecule has 0 aliphatic carbocycles. The Morgan fingerprint density at radius 3 is 2.45 bits per heavy atom. The van der Waals surface area contributed by atoms with Gasteiger partial charge in [0.05, 0.1) is 11.8 Å². The molecule has 0 saturated carbocycles. The molecule has 5 nitrogen and oxygen atoms in total. The summed E-state index contributed by atoms with van der Waals surface area (Å²) in [5.41, 5.74) is 1.13. The second kappa shape index (κ2) is 6.23. The molecular formula is C15H19NO4. The summed E-state index contributed by atoms with van der Waals surface area (Å²) in [5.74, 6) is -0.494. The third kappa shape index (κ3) is 4.76. The predicted octanol–water partition coefficient (Wildman–Crippen LogP) is 3.64. The number of hydrogen-bond acceptors (Lipinski definition) is 4. The van der Waals surface area contributed by atoms with Crippen LogP contribution in [0.25, 0.3) is 0 Å². The Morgan fingerprint density at radius 1 is 1.30 bits per heavy atom. The van der Waals surface area contributed by atoms with Crippen molar-refractivity contribution < 1.29 is 19.1 Å². The maximum atomic E-state index is 11.7. The van der Waals surface area contributed by atoms with Crippen LogP contribution in [0, 0.1) is 6.92 Å². The van der Waals surface area contributed by atoms with E-state index in [1.54, 1.807) is 45.9 Å². The minimum atomic E-state index is -0.564. The number of benzene rings is 1. The molecule has 1 rings (SSSR count). The Kier molecular flexibility index (Phi) is 4.91. The van der Waals surface area contributed by atoms with Gasteiger partial charge in [0.2, 0.25) is 0 Å². The molecule has 0 fully saturated rings. The van der Waals surface area contributed by atoms with E-state index in [2.05, 4.69) is 16.6 Å². The lowest BCUT2D eigenvalue weighted by Gasteiger charge is -2.20. The Labute approximate surface area is 118 Å². The normalized spacial score (nSPS) is 10.6. The molecule has 0 saturated heterocycles. The molecule has 0 atom stereocenters. The molecule has 0 bridgehead atoms. The van der Waals surface area contributed by atoms with Crippen molar-refractivity contribution >= 4 is 17.7 Å². The summed E-state index contributed by atoms with van der Waals surface area (Å²) < 4.78 is 9.84. The van der Waals surface area contributed by atoms with Crippen LogP contribution in [0.15, 0.2) is 31.0 Å². The van der Waals surface area contributed by atoms with Crippen molar-refractivity contribution in [1.82, 2.24) is 0 Å². The van der Waals surface area contributed by atoms with Crippen LogP contribution in [0.1, 0.15) is 36.7 Å². The number of hydrogen-bond donors (Lipinski definition) is 1. The second-order valence-electron chi connectivity index (χ2n) is 5.23. The first-order valence-corrected chi connectivity index (χ1v) is 6.15. The summed E-state index contributed by atoms with van der Waals surface area (Å²) in [5, 5.41) is 2.63. The Morgan fingerprint density at radius 2 is 1.95 bits per heavy atom. The van der Waals surface area contributed by atoms with Crippen LogP contribution in [-0.2, 0) is 9.47 Å². The third-order valence-corrected chi connectivity index (χ3v) is 2.29. The van der Waals surface area contributed by atoms with E-state index in [-0.39, 0.29) is 0 Å². The van der Waals surface area contributed by atoms with Gasteiger partial charge in [0.1, 0.15) is 5.60 Å². The highest BCUT2D eigenvalue weighted by atomic mass is 16.6. The minimum Gasteiger partial charge on any atom is -0.444 e. The first-order chi connectivity index (χ1) is 9.23. The molecule has 1 amide bonds. The molecule has 0 aromatic heterocycles. The number of aryl methyl sites for hydroxylation is 1. The van der Waals surface area contributed by atoms with Crippen molar-refractivity contribution in [2.45, 2.75) is 33.3 Å². The van der Waals surface area contributed by atoms with E-state index in [4.69, 9.17) is 4.74 Å². The van der Waals surface area contributed by atoms with E-state index in [1.165, 1.54) is 0 Å². The first kappa shape index (κ1) is 15.8. The fraction of sp³-hybridized carbons (Fsp3) is 0.333. The van der Waals surface area contributed by atoms with Gasteiger partial charge in [-0.25, -0.2) is 9.59 Å². The smallest absolute Gasteiger partial charge is 0.412 e. The number of rotatable bonds is 3. The molecule has 0 spiro atoms. The van der Waals surface area contributed by atoms with E-state index < -0.39 is 17.7 Å². The van der Waals surface area contributed by atoms with Crippen LogP contribution in [0.3, 0.4) is 0 Å². The quantitative estimate of drug-likeness (QED) is 0.676. The molecule has 108 valence electrons. The number of amides is 1. The van der Waals surface area contributed by atoms with Gasteiger partial charge in [0, 0.05) is 5.69 Å². The fourth-order valence-electron chi connectivity index (χ4n) is 1.49. The molecule has 0 radical (unpaired) electrons. The van der Waals surface area contributed by atoms with Crippen molar-refractivity contribution in [3.8, 4) is 0 Å². The average Bonchev–Trinajstić information content (AvgIpc) is 2.29. The van der Waals surface area contributed by atoms with Gasteiger partial charge < -0.3 is 9.47 Å². The van der Waals surface area contributed by atoms with Crippen LogP contribution >= 0.6 is 0 Å². The van der Waals surface area contributed by atoms with Crippen LogP contribution in [0.4, 0.5) is 10.5 Å². The largest absolute Gasteiger partial charge is 0.444 e. The van der Waals surface area contributed by atoms with Gasteiger partial charge in [-0.2, -0.15) is 0 Å². The maximum Gasteiger partial charge on any atom is 0.412 e. The molecular weight excluding hydrogens is 258 g/mol. The molecule has 0 aliphatic heterocycles. The Bertz CT molecular complexity index is 529. The van der Waals surface area contributed by atoms with Crippen molar-refractivity contribution in [3.05, 3.63) is 42.2 Å². The molecule has 0 aliphatic rings.